The minimum absolute atomic E-state index is 0. The van der Waals surface area contributed by atoms with E-state index in [2.05, 4.69) is 166 Å². The van der Waals surface area contributed by atoms with E-state index < -0.39 is 0 Å². The van der Waals surface area contributed by atoms with Crippen LogP contribution in [0.4, 0.5) is 0 Å². The third-order valence-corrected chi connectivity index (χ3v) is 16.5. The average Bonchev–Trinajstić information content (AvgIpc) is 1.63. The van der Waals surface area contributed by atoms with Crippen LogP contribution in [0, 0.1) is 53.7 Å². The summed E-state index contributed by atoms with van der Waals surface area (Å²) in [6.07, 6.45) is 11.3. The Morgan fingerprint density at radius 2 is 0.752 bits per heavy atom. The maximum absolute atomic E-state index is 11.2. The van der Waals surface area contributed by atoms with Gasteiger partial charge in [0.2, 0.25) is 0 Å². The van der Waals surface area contributed by atoms with Gasteiger partial charge in [-0.25, -0.2) is 0 Å². The summed E-state index contributed by atoms with van der Waals surface area (Å²) in [6, 6.07) is 67.9. The first-order chi connectivity index (χ1) is 48.9. The zero-order chi connectivity index (χ0) is 74.0. The van der Waals surface area contributed by atoms with Crippen molar-refractivity contribution >= 4 is 82.9 Å². The molecular weight excluding hydrogens is 1840 g/mol. The normalized spacial score (nSPS) is 11.5. The average molecular weight is 1940 g/mol. The third kappa shape index (κ3) is 26.3. The number of hydrogen-bond donors (Lipinski definition) is 3. The number of carbonyl (C=O) groups excluding carboxylic acids is 3. The molecule has 0 saturated carbocycles. The van der Waals surface area contributed by atoms with Crippen molar-refractivity contribution in [1.82, 2.24) is 28.7 Å². The molecule has 0 atom stereocenters. The molecule has 0 spiro atoms. The van der Waals surface area contributed by atoms with Crippen LogP contribution in [-0.2, 0) is 94.3 Å². The first-order valence-corrected chi connectivity index (χ1v) is 36.2. The van der Waals surface area contributed by atoms with E-state index in [9.17, 15) is 29.7 Å². The van der Waals surface area contributed by atoms with E-state index in [1.165, 1.54) is 78.1 Å². The molecule has 6 aromatic heterocycles. The molecule has 0 fully saturated rings. The Hall–Kier alpha value is -8.25. The van der Waals surface area contributed by atoms with Crippen LogP contribution in [0.15, 0.2) is 218 Å². The number of hydrogen-bond acceptors (Lipinski definition) is 9. The minimum Gasteiger partial charge on any atom is -0.512 e. The van der Waals surface area contributed by atoms with Crippen LogP contribution < -0.4 is 0 Å². The summed E-state index contributed by atoms with van der Waals surface area (Å²) in [6.45, 7) is 33.3. The van der Waals surface area contributed by atoms with Crippen molar-refractivity contribution < 1.29 is 90.0 Å². The minimum atomic E-state index is 0. The van der Waals surface area contributed by atoms with Crippen LogP contribution >= 0.6 is 0 Å². The number of aliphatic hydroxyl groups excluding tert-OH is 3. The molecule has 15 heteroatoms. The molecule has 3 radical (unpaired) electrons. The molecule has 0 aliphatic heterocycles. The fraction of sp³-hybridized carbons (Fsp3) is 0.333. The van der Waals surface area contributed by atoms with E-state index in [-0.39, 0.29) is 94.9 Å². The molecule has 0 saturated heterocycles. The monoisotopic (exact) mass is 1940 g/mol. The Bertz CT molecular complexity index is 4660. The van der Waals surface area contributed by atoms with Gasteiger partial charge in [-0.2, -0.15) is 0 Å². The molecule has 105 heavy (non-hydrogen) atoms. The Kier molecular flexibility index (Phi) is 37.9. The van der Waals surface area contributed by atoms with Crippen molar-refractivity contribution in [2.24, 2.45) is 35.5 Å². The summed E-state index contributed by atoms with van der Waals surface area (Å²) in [5, 5.41) is 35.6. The van der Waals surface area contributed by atoms with Gasteiger partial charge in [-0.3, -0.25) is 19.4 Å². The number of carbonyl (C=O) groups is 3. The molecule has 0 bridgehead atoms. The molecule has 0 unspecified atom stereocenters. The molecule has 6 heterocycles. The van der Waals surface area contributed by atoms with Gasteiger partial charge in [-0.05, 0) is 91.9 Å². The summed E-state index contributed by atoms with van der Waals surface area (Å²) in [5.74, 6) is 2.94. The number of aryl methyl sites for hydroxylation is 3. The summed E-state index contributed by atoms with van der Waals surface area (Å²) in [7, 11) is 0. The second-order valence-electron chi connectivity index (χ2n) is 28.2. The van der Waals surface area contributed by atoms with Crippen molar-refractivity contribution in [2.45, 2.75) is 162 Å². The SMILES string of the molecule is CC(C)CC(=O)C=C(O)CC(C)C.CC(C)CC(=O)C=C(O)CC(C)C.CC(C)CC(=O)C=C(O)CC(C)C.CCn1c2ccccc2c2cc(-c3[c-]cccc3)ncc21.CCn1c2ccccc2c2ccc(-c3[c-]cccc3)nc21.CCn1c2ccccc2c2ccnc(-c3[c-]cccc3)c21.[Ir].[Ir].[Ir]. The van der Waals surface area contributed by atoms with Crippen LogP contribution in [0.25, 0.3) is 99.3 Å². The standard InChI is InChI=1S/3C19H15N2.3C11H20O2.3Ir/c1-2-21-18-11-7-6-10-15(18)16-12-17(20-13-19(16)21)14-8-4-3-5-9-14;1-2-21-18-11-7-6-10-15(18)16-12-13-17(20-19(16)21)14-8-4-3-5-9-14;1-2-21-17-11-7-6-10-15(17)16-12-13-20-18(19(16)21)14-8-4-3-5-9-14;3*1-8(2)5-10(12)7-11(13)6-9(3)4;;;/h3*3-8,10-13H,2H2,1H3;3*7-9,12H,5-6H2,1-4H3;;;/q3*-1;;;;;;. The van der Waals surface area contributed by atoms with Gasteiger partial charge in [0.15, 0.2) is 17.3 Å². The second kappa shape index (κ2) is 44.6. The molecular formula is C90H105Ir3N6O6-3. The van der Waals surface area contributed by atoms with Crippen LogP contribution in [0.3, 0.4) is 0 Å². The van der Waals surface area contributed by atoms with Gasteiger partial charge in [-0.15, -0.1) is 108 Å². The largest absolute Gasteiger partial charge is 0.512 e. The Labute approximate surface area is 663 Å². The maximum atomic E-state index is 11.2. The van der Waals surface area contributed by atoms with Gasteiger partial charge in [-0.1, -0.05) is 156 Å². The van der Waals surface area contributed by atoms with Crippen molar-refractivity contribution in [3.63, 3.8) is 0 Å². The molecule has 3 N–H and O–H groups in total. The van der Waals surface area contributed by atoms with E-state index in [1.54, 1.807) is 0 Å². The molecule has 12 nitrogen and oxygen atoms in total. The van der Waals surface area contributed by atoms with Crippen molar-refractivity contribution in [2.75, 3.05) is 0 Å². The number of pyridine rings is 3. The smallest absolute Gasteiger partial charge is 0.159 e. The molecule has 0 aliphatic rings. The summed E-state index contributed by atoms with van der Waals surface area (Å²) in [4.78, 5) is 47.8. The number of rotatable bonds is 21. The summed E-state index contributed by atoms with van der Waals surface area (Å²) >= 11 is 0. The summed E-state index contributed by atoms with van der Waals surface area (Å²) < 4.78 is 6.93. The third-order valence-electron chi connectivity index (χ3n) is 16.5. The van der Waals surface area contributed by atoms with Crippen LogP contribution in [-0.4, -0.2) is 61.3 Å². The van der Waals surface area contributed by atoms with E-state index in [0.717, 1.165) is 59.1 Å². The number of nitrogens with zero attached hydrogens (tertiary/aromatic N) is 6. The number of ketones is 3. The van der Waals surface area contributed by atoms with Crippen LogP contribution in [0.5, 0.6) is 0 Å². The zero-order valence-electron chi connectivity index (χ0n) is 63.6. The summed E-state index contributed by atoms with van der Waals surface area (Å²) in [5.41, 5.74) is 13.3. The number of aromatic nitrogens is 6. The van der Waals surface area contributed by atoms with Crippen LogP contribution in [0.2, 0.25) is 0 Å². The zero-order valence-corrected chi connectivity index (χ0v) is 70.8. The van der Waals surface area contributed by atoms with Gasteiger partial charge in [0, 0.05) is 204 Å². The molecule has 6 aromatic carbocycles. The Morgan fingerprint density at radius 1 is 0.381 bits per heavy atom. The van der Waals surface area contributed by atoms with Crippen molar-refractivity contribution in [3.8, 4) is 33.8 Å². The number of benzene rings is 6. The van der Waals surface area contributed by atoms with Gasteiger partial charge < -0.3 is 39.0 Å². The predicted molar refractivity (Wildman–Crippen MR) is 425 cm³/mol. The number of aliphatic hydroxyl groups is 3. The first kappa shape index (κ1) is 89.1. The fourth-order valence-electron chi connectivity index (χ4n) is 12.4. The van der Waals surface area contributed by atoms with E-state index >= 15 is 0 Å². The quantitative estimate of drug-likeness (QED) is 0.0361. The molecule has 12 aromatic rings. The number of allylic oxidation sites excluding steroid dienone is 6. The van der Waals surface area contributed by atoms with Gasteiger partial charge in [0.1, 0.15) is 5.65 Å². The molecule has 12 rings (SSSR count). The number of para-hydroxylation sites is 3. The first-order valence-electron chi connectivity index (χ1n) is 36.2. The van der Waals surface area contributed by atoms with Crippen molar-refractivity contribution in [1.29, 1.82) is 0 Å². The maximum Gasteiger partial charge on any atom is 0.159 e. The van der Waals surface area contributed by atoms with Crippen LogP contribution in [0.1, 0.15) is 142 Å². The predicted octanol–water partition coefficient (Wildman–Crippen LogP) is 23.3. The van der Waals surface area contributed by atoms with Gasteiger partial charge >= 0.3 is 0 Å². The van der Waals surface area contributed by atoms with Gasteiger partial charge in [0.05, 0.1) is 28.3 Å². The topological polar surface area (TPSA) is 165 Å². The molecule has 0 amide bonds. The Balaban J connectivity index is 0.000000270. The second-order valence-corrected chi connectivity index (χ2v) is 28.2. The van der Waals surface area contributed by atoms with E-state index in [0.29, 0.717) is 74.0 Å². The van der Waals surface area contributed by atoms with E-state index in [1.807, 2.05) is 162 Å². The number of fused-ring (bicyclic) bond motifs is 9. The van der Waals surface area contributed by atoms with E-state index in [4.69, 9.17) is 4.98 Å². The van der Waals surface area contributed by atoms with Crippen molar-refractivity contribution in [3.05, 3.63) is 236 Å². The molecule has 561 valence electrons. The van der Waals surface area contributed by atoms with Gasteiger partial charge in [0.25, 0.3) is 0 Å². The Morgan fingerprint density at radius 3 is 1.16 bits per heavy atom. The molecule has 0 aliphatic carbocycles. The fourth-order valence-corrected chi connectivity index (χ4v) is 12.4.